The van der Waals surface area contributed by atoms with E-state index in [4.69, 9.17) is 15.1 Å². The molecular weight excluding hydrogens is 208 g/mol. The first-order chi connectivity index (χ1) is 7.63. The summed E-state index contributed by atoms with van der Waals surface area (Å²) in [6, 6.07) is 7.97. The highest BCUT2D eigenvalue weighted by atomic mass is 16.5. The number of carboxylic acids is 1. The van der Waals surface area contributed by atoms with Crippen LogP contribution in [0.2, 0.25) is 0 Å². The summed E-state index contributed by atoms with van der Waals surface area (Å²) in [5.41, 5.74) is 0.694. The molecule has 0 saturated heterocycles. The number of benzene rings is 1. The van der Waals surface area contributed by atoms with Crippen molar-refractivity contribution in [1.82, 2.24) is 0 Å². The second-order valence-corrected chi connectivity index (χ2v) is 3.18. The highest BCUT2D eigenvalue weighted by Crippen LogP contribution is 2.16. The lowest BCUT2D eigenvalue weighted by Crippen LogP contribution is -2.25. The van der Waals surface area contributed by atoms with E-state index in [1.807, 2.05) is 6.07 Å². The van der Waals surface area contributed by atoms with Crippen molar-refractivity contribution in [2.24, 2.45) is 0 Å². The molecule has 1 aromatic carbocycles. The number of aliphatic carboxylic acids is 1. The highest BCUT2D eigenvalue weighted by Gasteiger charge is 2.09. The molecule has 0 aliphatic rings. The van der Waals surface area contributed by atoms with Gasteiger partial charge in [-0.05, 0) is 31.2 Å². The first kappa shape index (κ1) is 11.9. The lowest BCUT2D eigenvalue weighted by molar-refractivity contribution is -0.137. The van der Waals surface area contributed by atoms with E-state index in [9.17, 15) is 4.79 Å². The number of anilines is 1. The summed E-state index contributed by atoms with van der Waals surface area (Å²) in [7, 11) is 0. The third-order valence-corrected chi connectivity index (χ3v) is 1.91. The quantitative estimate of drug-likeness (QED) is 0.785. The van der Waals surface area contributed by atoms with Crippen molar-refractivity contribution in [3.8, 4) is 11.8 Å². The van der Waals surface area contributed by atoms with Gasteiger partial charge in [0.25, 0.3) is 0 Å². The Hall–Kier alpha value is -2.22. The van der Waals surface area contributed by atoms with E-state index >= 15 is 0 Å². The Morgan fingerprint density at radius 2 is 2.19 bits per heavy atom. The molecule has 2 N–H and O–H groups in total. The van der Waals surface area contributed by atoms with Gasteiger partial charge in [0.1, 0.15) is 17.9 Å². The summed E-state index contributed by atoms with van der Waals surface area (Å²) in [4.78, 5) is 10.6. The Labute approximate surface area is 93.3 Å². The maximum absolute atomic E-state index is 10.6. The second-order valence-electron chi connectivity index (χ2n) is 3.18. The van der Waals surface area contributed by atoms with Crippen molar-refractivity contribution >= 4 is 11.7 Å². The lowest BCUT2D eigenvalue weighted by Gasteiger charge is -2.10. The molecule has 0 fully saturated rings. The van der Waals surface area contributed by atoms with Gasteiger partial charge in [-0.2, -0.15) is 5.26 Å². The van der Waals surface area contributed by atoms with Crippen LogP contribution in [-0.4, -0.2) is 23.7 Å². The molecule has 0 amide bonds. The van der Waals surface area contributed by atoms with Crippen LogP contribution < -0.4 is 10.1 Å². The van der Waals surface area contributed by atoms with Gasteiger partial charge < -0.3 is 15.2 Å². The number of hydrogen-bond donors (Lipinski definition) is 2. The number of hydrogen-bond acceptors (Lipinski definition) is 4. The zero-order valence-electron chi connectivity index (χ0n) is 8.80. The lowest BCUT2D eigenvalue weighted by atomic mass is 10.2. The summed E-state index contributed by atoms with van der Waals surface area (Å²) in [5.74, 6) is -0.333. The molecule has 1 atom stereocenters. The Morgan fingerprint density at radius 1 is 1.56 bits per heavy atom. The molecule has 0 spiro atoms. The maximum atomic E-state index is 10.6. The Morgan fingerprint density at radius 3 is 2.69 bits per heavy atom. The molecule has 0 aromatic heterocycles. The van der Waals surface area contributed by atoms with Crippen LogP contribution in [0.5, 0.6) is 5.75 Å². The molecule has 16 heavy (non-hydrogen) atoms. The molecule has 1 unspecified atom stereocenters. The predicted molar refractivity (Wildman–Crippen MR) is 58.3 cm³/mol. The van der Waals surface area contributed by atoms with E-state index in [1.54, 1.807) is 31.2 Å². The molecule has 5 heteroatoms. The third kappa shape index (κ3) is 3.50. The first-order valence-corrected chi connectivity index (χ1v) is 4.72. The zero-order chi connectivity index (χ0) is 12.0. The summed E-state index contributed by atoms with van der Waals surface area (Å²) < 4.78 is 5.06. The number of nitrogens with one attached hydrogen (secondary N) is 1. The number of rotatable bonds is 5. The van der Waals surface area contributed by atoms with E-state index in [0.29, 0.717) is 11.4 Å². The number of ether oxygens (including phenoxy) is 1. The van der Waals surface area contributed by atoms with Crippen LogP contribution in [0.25, 0.3) is 0 Å². The summed E-state index contributed by atoms with van der Waals surface area (Å²) >= 11 is 0. The van der Waals surface area contributed by atoms with Crippen LogP contribution in [0.4, 0.5) is 5.69 Å². The topological polar surface area (TPSA) is 82.3 Å². The van der Waals surface area contributed by atoms with Gasteiger partial charge >= 0.3 is 5.97 Å². The SMILES string of the molecule is CC(Nc1ccc(OCC#N)cc1)C(=O)O. The standard InChI is InChI=1S/C11H12N2O3/c1-8(11(14)15)13-9-2-4-10(5-3-9)16-7-6-12/h2-5,8,13H,7H2,1H3,(H,14,15). The fraction of sp³-hybridized carbons (Fsp3) is 0.273. The number of carbonyl (C=O) groups is 1. The van der Waals surface area contributed by atoms with E-state index < -0.39 is 12.0 Å². The van der Waals surface area contributed by atoms with Crippen molar-refractivity contribution in [1.29, 1.82) is 5.26 Å². The minimum Gasteiger partial charge on any atom is -0.480 e. The number of carboxylic acid groups (broad SMARTS) is 1. The Kier molecular flexibility index (Phi) is 4.16. The molecule has 1 rings (SSSR count). The number of nitrogens with zero attached hydrogens (tertiary/aromatic N) is 1. The van der Waals surface area contributed by atoms with Crippen LogP contribution in [0.3, 0.4) is 0 Å². The minimum atomic E-state index is -0.912. The van der Waals surface area contributed by atoms with Gasteiger partial charge in [0, 0.05) is 5.69 Å². The van der Waals surface area contributed by atoms with Gasteiger partial charge in [-0.25, -0.2) is 0 Å². The van der Waals surface area contributed by atoms with Crippen molar-refractivity contribution < 1.29 is 14.6 Å². The van der Waals surface area contributed by atoms with E-state index in [1.165, 1.54) is 0 Å². The van der Waals surface area contributed by atoms with E-state index in [0.717, 1.165) is 0 Å². The van der Waals surface area contributed by atoms with Crippen LogP contribution in [-0.2, 0) is 4.79 Å². The zero-order valence-corrected chi connectivity index (χ0v) is 8.80. The number of nitriles is 1. The fourth-order valence-electron chi connectivity index (χ4n) is 1.07. The molecule has 0 bridgehead atoms. The molecule has 5 nitrogen and oxygen atoms in total. The predicted octanol–water partition coefficient (Wildman–Crippen LogP) is 1.47. The van der Waals surface area contributed by atoms with Crippen molar-refractivity contribution in [3.63, 3.8) is 0 Å². The summed E-state index contributed by atoms with van der Waals surface area (Å²) in [6.45, 7) is 1.56. The van der Waals surface area contributed by atoms with Crippen LogP contribution in [0.1, 0.15) is 6.92 Å². The maximum Gasteiger partial charge on any atom is 0.325 e. The van der Waals surface area contributed by atoms with Crippen molar-refractivity contribution in [2.45, 2.75) is 13.0 Å². The van der Waals surface area contributed by atoms with Gasteiger partial charge in [-0.15, -0.1) is 0 Å². The Bertz CT molecular complexity index is 395. The molecule has 0 aliphatic carbocycles. The van der Waals surface area contributed by atoms with Gasteiger partial charge in [-0.1, -0.05) is 0 Å². The van der Waals surface area contributed by atoms with Gasteiger partial charge in [0.05, 0.1) is 0 Å². The average Bonchev–Trinajstić information content (AvgIpc) is 2.28. The molecular formula is C11H12N2O3. The van der Waals surface area contributed by atoms with Crippen LogP contribution in [0.15, 0.2) is 24.3 Å². The summed E-state index contributed by atoms with van der Waals surface area (Å²) in [5, 5.41) is 19.8. The van der Waals surface area contributed by atoms with Crippen molar-refractivity contribution in [2.75, 3.05) is 11.9 Å². The molecule has 0 aliphatic heterocycles. The molecule has 84 valence electrons. The van der Waals surface area contributed by atoms with Crippen LogP contribution in [0, 0.1) is 11.3 Å². The second kappa shape index (κ2) is 5.61. The van der Waals surface area contributed by atoms with Crippen molar-refractivity contribution in [3.05, 3.63) is 24.3 Å². The molecule has 0 heterocycles. The third-order valence-electron chi connectivity index (χ3n) is 1.91. The smallest absolute Gasteiger partial charge is 0.325 e. The average molecular weight is 220 g/mol. The highest BCUT2D eigenvalue weighted by molar-refractivity contribution is 5.76. The molecule has 0 saturated carbocycles. The minimum absolute atomic E-state index is 0.00168. The molecule has 1 aromatic rings. The monoisotopic (exact) mass is 220 g/mol. The van der Waals surface area contributed by atoms with Gasteiger partial charge in [0.15, 0.2) is 6.61 Å². The molecule has 0 radical (unpaired) electrons. The van der Waals surface area contributed by atoms with E-state index in [2.05, 4.69) is 5.32 Å². The summed E-state index contributed by atoms with van der Waals surface area (Å²) in [6.07, 6.45) is 0. The first-order valence-electron chi connectivity index (χ1n) is 4.72. The Balaban J connectivity index is 2.58. The van der Waals surface area contributed by atoms with E-state index in [-0.39, 0.29) is 6.61 Å². The van der Waals surface area contributed by atoms with Crippen LogP contribution >= 0.6 is 0 Å². The van der Waals surface area contributed by atoms with Gasteiger partial charge in [-0.3, -0.25) is 4.79 Å². The fourth-order valence-corrected chi connectivity index (χ4v) is 1.07. The normalized spacial score (nSPS) is 11.2. The van der Waals surface area contributed by atoms with Gasteiger partial charge in [0.2, 0.25) is 0 Å². The largest absolute Gasteiger partial charge is 0.480 e.